The first-order valence-corrected chi connectivity index (χ1v) is 6.70. The Morgan fingerprint density at radius 2 is 2.05 bits per heavy atom. The Labute approximate surface area is 118 Å². The zero-order valence-electron chi connectivity index (χ0n) is 10.3. The van der Waals surface area contributed by atoms with E-state index < -0.39 is 5.97 Å². The molecule has 0 fully saturated rings. The van der Waals surface area contributed by atoms with Gasteiger partial charge >= 0.3 is 5.97 Å². The summed E-state index contributed by atoms with van der Waals surface area (Å²) in [5.74, 6) is -1.05. The number of nitrogen functional groups attached to an aromatic ring is 1. The first-order chi connectivity index (χ1) is 9.63. The van der Waals surface area contributed by atoms with Gasteiger partial charge in [0.25, 0.3) is 0 Å². The van der Waals surface area contributed by atoms with E-state index in [1.807, 2.05) is 24.3 Å². The van der Waals surface area contributed by atoms with Crippen LogP contribution in [0.3, 0.4) is 0 Å². The third-order valence-electron chi connectivity index (χ3n) is 2.83. The molecule has 0 aliphatic carbocycles. The molecule has 3 aromatic rings. The van der Waals surface area contributed by atoms with E-state index in [9.17, 15) is 4.79 Å². The molecule has 6 heteroatoms. The fourth-order valence-electron chi connectivity index (χ4n) is 1.87. The number of anilines is 3. The summed E-state index contributed by atoms with van der Waals surface area (Å²) in [6.07, 6.45) is 0. The van der Waals surface area contributed by atoms with Crippen LogP contribution in [-0.4, -0.2) is 16.1 Å². The van der Waals surface area contributed by atoms with E-state index in [-0.39, 0.29) is 11.3 Å². The summed E-state index contributed by atoms with van der Waals surface area (Å²) in [6.45, 7) is 0. The molecule has 100 valence electrons. The number of thiazole rings is 1. The molecule has 0 bridgehead atoms. The van der Waals surface area contributed by atoms with E-state index >= 15 is 0 Å². The molecular weight excluding hydrogens is 274 g/mol. The minimum absolute atomic E-state index is 0.0797. The van der Waals surface area contributed by atoms with Crippen molar-refractivity contribution in [2.45, 2.75) is 0 Å². The standard InChI is InChI=1S/C14H11N3O2S/c15-10-6-5-8(7-9(10)13(18)19)16-14-17-11-3-1-2-4-12(11)20-14/h1-7H,15H2,(H,16,17)(H,18,19). The van der Waals surface area contributed by atoms with Crippen LogP contribution in [0, 0.1) is 0 Å². The normalized spacial score (nSPS) is 10.6. The highest BCUT2D eigenvalue weighted by Crippen LogP contribution is 2.29. The molecule has 0 aliphatic heterocycles. The van der Waals surface area contributed by atoms with Crippen molar-refractivity contribution in [1.82, 2.24) is 4.98 Å². The van der Waals surface area contributed by atoms with E-state index in [0.717, 1.165) is 10.2 Å². The molecule has 0 atom stereocenters. The van der Waals surface area contributed by atoms with Crippen LogP contribution in [0.4, 0.5) is 16.5 Å². The van der Waals surface area contributed by atoms with E-state index in [0.29, 0.717) is 10.8 Å². The molecule has 2 aromatic carbocycles. The molecule has 0 spiro atoms. The van der Waals surface area contributed by atoms with Gasteiger partial charge in [0.05, 0.1) is 15.8 Å². The lowest BCUT2D eigenvalue weighted by atomic mass is 10.1. The van der Waals surface area contributed by atoms with Crippen molar-refractivity contribution in [3.8, 4) is 0 Å². The second-order valence-corrected chi connectivity index (χ2v) is 5.25. The number of benzene rings is 2. The van der Waals surface area contributed by atoms with Crippen molar-refractivity contribution in [2.75, 3.05) is 11.1 Å². The quantitative estimate of drug-likeness (QED) is 0.642. The molecule has 5 nitrogen and oxygen atoms in total. The monoisotopic (exact) mass is 285 g/mol. The SMILES string of the molecule is Nc1ccc(Nc2nc3ccccc3s2)cc1C(=O)O. The number of aromatic nitrogens is 1. The maximum atomic E-state index is 11.0. The Kier molecular flexibility index (Phi) is 3.00. The molecule has 0 saturated carbocycles. The molecule has 0 aliphatic rings. The molecule has 0 saturated heterocycles. The number of hydrogen-bond acceptors (Lipinski definition) is 5. The van der Waals surface area contributed by atoms with Gasteiger partial charge in [-0.1, -0.05) is 23.5 Å². The van der Waals surface area contributed by atoms with Gasteiger partial charge in [-0.25, -0.2) is 9.78 Å². The summed E-state index contributed by atoms with van der Waals surface area (Å²) in [4.78, 5) is 15.5. The summed E-state index contributed by atoms with van der Waals surface area (Å²) in [6, 6.07) is 12.6. The van der Waals surface area contributed by atoms with E-state index in [1.54, 1.807) is 12.1 Å². The molecule has 0 amide bonds. The van der Waals surface area contributed by atoms with Crippen LogP contribution in [0.2, 0.25) is 0 Å². The Morgan fingerprint density at radius 3 is 2.80 bits per heavy atom. The van der Waals surface area contributed by atoms with Crippen LogP contribution in [0.15, 0.2) is 42.5 Å². The van der Waals surface area contributed by atoms with E-state index in [2.05, 4.69) is 10.3 Å². The molecular formula is C14H11N3O2S. The Balaban J connectivity index is 1.94. The fraction of sp³-hybridized carbons (Fsp3) is 0. The Bertz CT molecular complexity index is 765. The minimum atomic E-state index is -1.05. The third kappa shape index (κ3) is 2.28. The zero-order valence-corrected chi connectivity index (χ0v) is 11.1. The van der Waals surface area contributed by atoms with Gasteiger partial charge in [-0.2, -0.15) is 0 Å². The van der Waals surface area contributed by atoms with Crippen molar-refractivity contribution < 1.29 is 9.90 Å². The molecule has 4 N–H and O–H groups in total. The average Bonchev–Trinajstić information content (AvgIpc) is 2.82. The first-order valence-electron chi connectivity index (χ1n) is 5.89. The summed E-state index contributed by atoms with van der Waals surface area (Å²) in [7, 11) is 0. The number of hydrogen-bond donors (Lipinski definition) is 3. The maximum absolute atomic E-state index is 11.0. The number of fused-ring (bicyclic) bond motifs is 1. The molecule has 1 heterocycles. The van der Waals surface area contributed by atoms with Crippen molar-refractivity contribution in [2.24, 2.45) is 0 Å². The lowest BCUT2D eigenvalue weighted by Gasteiger charge is -2.05. The average molecular weight is 285 g/mol. The largest absolute Gasteiger partial charge is 0.478 e. The van der Waals surface area contributed by atoms with Crippen molar-refractivity contribution in [3.05, 3.63) is 48.0 Å². The predicted molar refractivity (Wildman–Crippen MR) is 80.7 cm³/mol. The number of nitrogens with zero attached hydrogens (tertiary/aromatic N) is 1. The number of aromatic carboxylic acids is 1. The van der Waals surface area contributed by atoms with Crippen LogP contribution in [0.5, 0.6) is 0 Å². The van der Waals surface area contributed by atoms with Gasteiger partial charge < -0.3 is 16.2 Å². The Hall–Kier alpha value is -2.60. The molecule has 0 unspecified atom stereocenters. The van der Waals surface area contributed by atoms with Gasteiger partial charge in [0.15, 0.2) is 5.13 Å². The minimum Gasteiger partial charge on any atom is -0.478 e. The lowest BCUT2D eigenvalue weighted by Crippen LogP contribution is -2.03. The van der Waals surface area contributed by atoms with Gasteiger partial charge in [0.1, 0.15) is 0 Å². The summed E-state index contributed by atoms with van der Waals surface area (Å²) in [5, 5.41) is 12.9. The Morgan fingerprint density at radius 1 is 1.25 bits per heavy atom. The van der Waals surface area contributed by atoms with E-state index in [1.165, 1.54) is 17.4 Å². The number of carboxylic acid groups (broad SMARTS) is 1. The van der Waals surface area contributed by atoms with Crippen LogP contribution >= 0.6 is 11.3 Å². The van der Waals surface area contributed by atoms with E-state index in [4.69, 9.17) is 10.8 Å². The second-order valence-electron chi connectivity index (χ2n) is 4.22. The zero-order chi connectivity index (χ0) is 14.1. The first kappa shape index (κ1) is 12.4. The molecule has 0 radical (unpaired) electrons. The van der Waals surface area contributed by atoms with Crippen LogP contribution in [0.25, 0.3) is 10.2 Å². The highest BCUT2D eigenvalue weighted by molar-refractivity contribution is 7.22. The highest BCUT2D eigenvalue weighted by atomic mass is 32.1. The smallest absolute Gasteiger partial charge is 0.337 e. The van der Waals surface area contributed by atoms with Gasteiger partial charge in [-0.3, -0.25) is 0 Å². The van der Waals surface area contributed by atoms with Gasteiger partial charge in [-0.05, 0) is 30.3 Å². The predicted octanol–water partition coefficient (Wildman–Crippen LogP) is 3.32. The number of nitrogens with one attached hydrogen (secondary N) is 1. The van der Waals surface area contributed by atoms with Crippen molar-refractivity contribution >= 4 is 44.0 Å². The third-order valence-corrected chi connectivity index (χ3v) is 3.78. The highest BCUT2D eigenvalue weighted by Gasteiger charge is 2.10. The number of nitrogens with two attached hydrogens (primary N) is 1. The van der Waals surface area contributed by atoms with Gasteiger partial charge in [-0.15, -0.1) is 0 Å². The van der Waals surface area contributed by atoms with Crippen LogP contribution < -0.4 is 11.1 Å². The second kappa shape index (κ2) is 4.82. The molecule has 20 heavy (non-hydrogen) atoms. The topological polar surface area (TPSA) is 88.2 Å². The number of carboxylic acids is 1. The maximum Gasteiger partial charge on any atom is 0.337 e. The molecule has 1 aromatic heterocycles. The summed E-state index contributed by atoms with van der Waals surface area (Å²) >= 11 is 1.51. The summed E-state index contributed by atoms with van der Waals surface area (Å²) < 4.78 is 1.07. The number of rotatable bonds is 3. The van der Waals surface area contributed by atoms with Crippen LogP contribution in [0.1, 0.15) is 10.4 Å². The van der Waals surface area contributed by atoms with Crippen molar-refractivity contribution in [1.29, 1.82) is 0 Å². The number of para-hydroxylation sites is 1. The number of carbonyl (C=O) groups is 1. The van der Waals surface area contributed by atoms with Gasteiger partial charge in [0.2, 0.25) is 0 Å². The van der Waals surface area contributed by atoms with Crippen molar-refractivity contribution in [3.63, 3.8) is 0 Å². The fourth-order valence-corrected chi connectivity index (χ4v) is 2.75. The van der Waals surface area contributed by atoms with Gasteiger partial charge in [0, 0.05) is 11.4 Å². The molecule has 3 rings (SSSR count). The van der Waals surface area contributed by atoms with Crippen LogP contribution in [-0.2, 0) is 0 Å². The lowest BCUT2D eigenvalue weighted by molar-refractivity contribution is 0.0698. The summed E-state index contributed by atoms with van der Waals surface area (Å²) in [5.41, 5.74) is 7.51.